The molecule has 0 spiro atoms. The molecule has 0 fully saturated rings. The number of methoxy groups -OCH3 is 1. The predicted octanol–water partition coefficient (Wildman–Crippen LogP) is 3.20. The molecule has 6 nitrogen and oxygen atoms in total. The summed E-state index contributed by atoms with van der Waals surface area (Å²) in [5, 5.41) is 5.27. The molecule has 144 valence electrons. The van der Waals surface area contributed by atoms with Crippen LogP contribution < -0.4 is 20.5 Å². The van der Waals surface area contributed by atoms with E-state index in [9.17, 15) is 9.59 Å². The fourth-order valence-corrected chi connectivity index (χ4v) is 2.92. The van der Waals surface area contributed by atoms with E-state index in [-0.39, 0.29) is 18.6 Å². The number of carbonyl (C=O) groups excluding carboxylic acids is 2. The lowest BCUT2D eigenvalue weighted by molar-refractivity contribution is -0.119. The molecule has 0 bridgehead atoms. The molecule has 0 saturated carbocycles. The van der Waals surface area contributed by atoms with Gasteiger partial charge >= 0.3 is 0 Å². The van der Waals surface area contributed by atoms with Crippen molar-refractivity contribution in [3.63, 3.8) is 0 Å². The number of primary amides is 1. The van der Waals surface area contributed by atoms with Gasteiger partial charge in [0, 0.05) is 5.56 Å². The Hall–Kier alpha value is -3.54. The first-order valence-corrected chi connectivity index (χ1v) is 8.86. The van der Waals surface area contributed by atoms with Gasteiger partial charge < -0.3 is 20.5 Å². The van der Waals surface area contributed by atoms with Crippen LogP contribution in [0.1, 0.15) is 28.9 Å². The van der Waals surface area contributed by atoms with Gasteiger partial charge in [-0.2, -0.15) is 0 Å². The van der Waals surface area contributed by atoms with Crippen molar-refractivity contribution >= 4 is 22.6 Å². The minimum absolute atomic E-state index is 0.172. The molecule has 0 aliphatic rings. The number of nitrogens with one attached hydrogen (secondary N) is 1. The first-order valence-electron chi connectivity index (χ1n) is 8.86. The van der Waals surface area contributed by atoms with E-state index in [1.165, 1.54) is 7.11 Å². The number of benzene rings is 3. The van der Waals surface area contributed by atoms with Crippen LogP contribution in [-0.2, 0) is 4.79 Å². The molecule has 3 aromatic carbocycles. The second-order valence-electron chi connectivity index (χ2n) is 6.42. The van der Waals surface area contributed by atoms with E-state index >= 15 is 0 Å². The summed E-state index contributed by atoms with van der Waals surface area (Å²) in [6.45, 7) is 1.67. The Kier molecular flexibility index (Phi) is 5.79. The van der Waals surface area contributed by atoms with E-state index in [0.29, 0.717) is 17.1 Å². The maximum absolute atomic E-state index is 12.7. The van der Waals surface area contributed by atoms with Crippen molar-refractivity contribution in [3.05, 3.63) is 71.8 Å². The molecular formula is C22H22N2O4. The summed E-state index contributed by atoms with van der Waals surface area (Å²) >= 11 is 0. The molecule has 1 unspecified atom stereocenters. The fourth-order valence-electron chi connectivity index (χ4n) is 2.92. The quantitative estimate of drug-likeness (QED) is 0.660. The number of hydrogen-bond acceptors (Lipinski definition) is 4. The average molecular weight is 378 g/mol. The average Bonchev–Trinajstić information content (AvgIpc) is 2.71. The highest BCUT2D eigenvalue weighted by molar-refractivity contribution is 5.95. The molecule has 28 heavy (non-hydrogen) atoms. The van der Waals surface area contributed by atoms with Gasteiger partial charge in [0.05, 0.1) is 13.2 Å². The lowest BCUT2D eigenvalue weighted by Gasteiger charge is -2.16. The van der Waals surface area contributed by atoms with Crippen molar-refractivity contribution in [2.75, 3.05) is 13.7 Å². The molecule has 3 N–H and O–H groups in total. The van der Waals surface area contributed by atoms with E-state index in [4.69, 9.17) is 15.2 Å². The molecule has 0 aliphatic carbocycles. The molecule has 3 aromatic rings. The Balaban J connectivity index is 1.74. The van der Waals surface area contributed by atoms with Gasteiger partial charge in [-0.05, 0) is 47.5 Å². The van der Waals surface area contributed by atoms with E-state index in [1.807, 2.05) is 37.3 Å². The van der Waals surface area contributed by atoms with Gasteiger partial charge in [0.25, 0.3) is 11.8 Å². The van der Waals surface area contributed by atoms with Gasteiger partial charge in [-0.1, -0.05) is 36.4 Å². The van der Waals surface area contributed by atoms with Crippen molar-refractivity contribution in [3.8, 4) is 11.5 Å². The number of amides is 2. The largest absolute Gasteiger partial charge is 0.493 e. The van der Waals surface area contributed by atoms with Gasteiger partial charge in [-0.15, -0.1) is 0 Å². The third kappa shape index (κ3) is 4.40. The Bertz CT molecular complexity index is 1020. The van der Waals surface area contributed by atoms with Gasteiger partial charge in [0.15, 0.2) is 18.1 Å². The monoisotopic (exact) mass is 378 g/mol. The molecule has 0 aromatic heterocycles. The molecule has 0 radical (unpaired) electrons. The Labute approximate surface area is 163 Å². The van der Waals surface area contributed by atoms with Crippen LogP contribution in [0.15, 0.2) is 60.7 Å². The summed E-state index contributed by atoms with van der Waals surface area (Å²) in [7, 11) is 1.46. The maximum atomic E-state index is 12.7. The van der Waals surface area contributed by atoms with Gasteiger partial charge in [0.2, 0.25) is 0 Å². The highest BCUT2D eigenvalue weighted by atomic mass is 16.5. The first kappa shape index (κ1) is 19.2. The number of carbonyl (C=O) groups is 2. The minimum Gasteiger partial charge on any atom is -0.493 e. The molecular weight excluding hydrogens is 356 g/mol. The van der Waals surface area contributed by atoms with Crippen molar-refractivity contribution in [2.45, 2.75) is 13.0 Å². The Morgan fingerprint density at radius 3 is 2.46 bits per heavy atom. The SMILES string of the molecule is COc1cc(C(=O)NC(C)c2ccc3ccccc3c2)ccc1OCC(N)=O. The Morgan fingerprint density at radius 2 is 1.75 bits per heavy atom. The molecule has 0 saturated heterocycles. The predicted molar refractivity (Wildman–Crippen MR) is 108 cm³/mol. The smallest absolute Gasteiger partial charge is 0.255 e. The van der Waals surface area contributed by atoms with E-state index in [2.05, 4.69) is 17.4 Å². The van der Waals surface area contributed by atoms with Gasteiger partial charge in [0.1, 0.15) is 0 Å². The lowest BCUT2D eigenvalue weighted by Crippen LogP contribution is -2.26. The van der Waals surface area contributed by atoms with E-state index in [1.54, 1.807) is 18.2 Å². The van der Waals surface area contributed by atoms with E-state index < -0.39 is 5.91 Å². The highest BCUT2D eigenvalue weighted by Gasteiger charge is 2.15. The number of hydrogen-bond donors (Lipinski definition) is 2. The second-order valence-corrected chi connectivity index (χ2v) is 6.42. The van der Waals surface area contributed by atoms with Crippen molar-refractivity contribution in [1.29, 1.82) is 0 Å². The summed E-state index contributed by atoms with van der Waals surface area (Å²) < 4.78 is 10.5. The number of rotatable bonds is 7. The number of nitrogens with two attached hydrogens (primary N) is 1. The third-order valence-electron chi connectivity index (χ3n) is 4.42. The number of ether oxygens (including phenoxy) is 2. The molecule has 3 rings (SSSR count). The standard InChI is InChI=1S/C22H22N2O4/c1-14(16-8-7-15-5-3-4-6-17(15)11-16)24-22(26)18-9-10-19(20(12-18)27-2)28-13-21(23)25/h3-12,14H,13H2,1-2H3,(H2,23,25)(H,24,26). The summed E-state index contributed by atoms with van der Waals surface area (Å²) in [4.78, 5) is 23.5. The molecule has 1 atom stereocenters. The van der Waals surface area contributed by atoms with Crippen molar-refractivity contribution < 1.29 is 19.1 Å². The molecule has 0 heterocycles. The van der Waals surface area contributed by atoms with Crippen LogP contribution in [0.3, 0.4) is 0 Å². The molecule has 2 amide bonds. The van der Waals surface area contributed by atoms with Crippen molar-refractivity contribution in [2.24, 2.45) is 5.73 Å². The zero-order chi connectivity index (χ0) is 20.1. The first-order chi connectivity index (χ1) is 13.5. The highest BCUT2D eigenvalue weighted by Crippen LogP contribution is 2.28. The lowest BCUT2D eigenvalue weighted by atomic mass is 10.0. The van der Waals surface area contributed by atoms with Crippen LogP contribution in [-0.4, -0.2) is 25.5 Å². The van der Waals surface area contributed by atoms with Gasteiger partial charge in [-0.25, -0.2) is 0 Å². The maximum Gasteiger partial charge on any atom is 0.255 e. The van der Waals surface area contributed by atoms with E-state index in [0.717, 1.165) is 16.3 Å². The zero-order valence-corrected chi connectivity index (χ0v) is 15.8. The summed E-state index contributed by atoms with van der Waals surface area (Å²) in [5.74, 6) is -0.124. The Morgan fingerprint density at radius 1 is 1.00 bits per heavy atom. The summed E-state index contributed by atoms with van der Waals surface area (Å²) in [5.41, 5.74) is 6.53. The second kappa shape index (κ2) is 8.43. The topological polar surface area (TPSA) is 90.7 Å². The summed E-state index contributed by atoms with van der Waals surface area (Å²) in [6, 6.07) is 18.8. The van der Waals surface area contributed by atoms with Crippen LogP contribution >= 0.6 is 0 Å². The van der Waals surface area contributed by atoms with Crippen LogP contribution in [0, 0.1) is 0 Å². The zero-order valence-electron chi connectivity index (χ0n) is 15.8. The van der Waals surface area contributed by atoms with Crippen LogP contribution in [0.25, 0.3) is 10.8 Å². The third-order valence-corrected chi connectivity index (χ3v) is 4.42. The number of fused-ring (bicyclic) bond motifs is 1. The van der Waals surface area contributed by atoms with Gasteiger partial charge in [-0.3, -0.25) is 9.59 Å². The van der Waals surface area contributed by atoms with Crippen molar-refractivity contribution in [1.82, 2.24) is 5.32 Å². The summed E-state index contributed by atoms with van der Waals surface area (Å²) in [6.07, 6.45) is 0. The molecule has 6 heteroatoms. The normalized spacial score (nSPS) is 11.6. The molecule has 0 aliphatic heterocycles. The van der Waals surface area contributed by atoms with Crippen LogP contribution in [0.5, 0.6) is 11.5 Å². The fraction of sp³-hybridized carbons (Fsp3) is 0.182. The van der Waals surface area contributed by atoms with Crippen LogP contribution in [0.4, 0.5) is 0 Å². The van der Waals surface area contributed by atoms with Crippen LogP contribution in [0.2, 0.25) is 0 Å². The minimum atomic E-state index is -0.590.